The fourth-order valence-electron chi connectivity index (χ4n) is 4.12. The van der Waals surface area contributed by atoms with E-state index in [0.29, 0.717) is 10.3 Å². The number of sulfone groups is 1. The molecule has 0 radical (unpaired) electrons. The van der Waals surface area contributed by atoms with Crippen LogP contribution in [0.3, 0.4) is 0 Å². The third-order valence-electron chi connectivity index (χ3n) is 6.15. The van der Waals surface area contributed by atoms with Gasteiger partial charge in [0, 0.05) is 24.6 Å². The molecular weight excluding hydrogens is 619 g/mol. The van der Waals surface area contributed by atoms with Crippen molar-refractivity contribution in [1.82, 2.24) is 35.3 Å². The molecule has 0 unspecified atom stereocenters. The molecule has 0 aliphatic carbocycles. The molecule has 17 heteroatoms. The number of halogens is 3. The van der Waals surface area contributed by atoms with Gasteiger partial charge < -0.3 is 14.3 Å². The number of alkyl halides is 3. The molecule has 3 heterocycles. The number of hydrogen-bond acceptors (Lipinski definition) is 11. The molecule has 0 saturated carbocycles. The van der Waals surface area contributed by atoms with Gasteiger partial charge in [0.05, 0.1) is 16.0 Å². The number of tetrazole rings is 1. The molecule has 0 bridgehead atoms. The maximum Gasteiger partial charge on any atom is 0.493 e. The largest absolute Gasteiger partial charge is 0.493 e. The van der Waals surface area contributed by atoms with Crippen LogP contribution >= 0.6 is 0 Å². The lowest BCUT2D eigenvalue weighted by Gasteiger charge is -2.15. The van der Waals surface area contributed by atoms with Gasteiger partial charge >= 0.3 is 12.1 Å². The van der Waals surface area contributed by atoms with Crippen LogP contribution in [0.4, 0.5) is 13.2 Å². The summed E-state index contributed by atoms with van der Waals surface area (Å²) in [6, 6.07) is 19.4. The highest BCUT2D eigenvalue weighted by Gasteiger charge is 2.42. The molecule has 6 aromatic rings. The van der Waals surface area contributed by atoms with Crippen LogP contribution < -0.4 is 14.3 Å². The Labute approximate surface area is 251 Å². The second-order valence-corrected chi connectivity index (χ2v) is 11.3. The second-order valence-electron chi connectivity index (χ2n) is 9.29. The van der Waals surface area contributed by atoms with Crippen LogP contribution in [0.5, 0.6) is 23.0 Å². The Kier molecular flexibility index (Phi) is 7.37. The van der Waals surface area contributed by atoms with Crippen LogP contribution in [0.25, 0.3) is 33.9 Å². The van der Waals surface area contributed by atoms with Gasteiger partial charge in [0.1, 0.15) is 22.7 Å². The highest BCUT2D eigenvalue weighted by molar-refractivity contribution is 7.90. The van der Waals surface area contributed by atoms with E-state index in [9.17, 15) is 26.4 Å². The predicted molar refractivity (Wildman–Crippen MR) is 150 cm³/mol. The van der Waals surface area contributed by atoms with Crippen LogP contribution in [-0.2, 0) is 14.6 Å². The lowest BCUT2D eigenvalue weighted by atomic mass is 10.2. The Hall–Kier alpha value is -5.84. The maximum absolute atomic E-state index is 13.3. The summed E-state index contributed by atoms with van der Waals surface area (Å²) in [6.07, 6.45) is -2.87. The van der Waals surface area contributed by atoms with Crippen LogP contribution in [-0.4, -0.2) is 62.1 Å². The van der Waals surface area contributed by atoms with Crippen LogP contribution in [0, 0.1) is 0 Å². The van der Waals surface area contributed by atoms with E-state index in [0.717, 1.165) is 6.26 Å². The lowest BCUT2D eigenvalue weighted by Crippen LogP contribution is -2.33. The smallest absolute Gasteiger partial charge is 0.453 e. The molecule has 0 aliphatic rings. The topological polar surface area (TPSA) is 164 Å². The molecule has 3 aromatic heterocycles. The van der Waals surface area contributed by atoms with Gasteiger partial charge in [0.15, 0.2) is 27.2 Å². The van der Waals surface area contributed by atoms with Crippen molar-refractivity contribution < 1.29 is 40.7 Å². The fourth-order valence-corrected chi connectivity index (χ4v) is 4.75. The Bertz CT molecular complexity index is 2120. The van der Waals surface area contributed by atoms with Crippen molar-refractivity contribution in [1.29, 1.82) is 0 Å². The van der Waals surface area contributed by atoms with Crippen LogP contribution in [0.2, 0.25) is 0 Å². The summed E-state index contributed by atoms with van der Waals surface area (Å²) < 4.78 is 76.6. The monoisotopic (exact) mass is 637 g/mol. The molecule has 0 spiro atoms. The molecule has 0 amide bonds. The third kappa shape index (κ3) is 6.14. The number of para-hydroxylation sites is 1. The number of aromatic nitrogens is 7. The first-order chi connectivity index (χ1) is 21.5. The van der Waals surface area contributed by atoms with Gasteiger partial charge in [-0.25, -0.2) is 18.2 Å². The average molecular weight is 638 g/mol. The molecule has 0 aliphatic heterocycles. The number of fused-ring (bicyclic) bond motifs is 1. The van der Waals surface area contributed by atoms with E-state index in [4.69, 9.17) is 14.3 Å². The van der Waals surface area contributed by atoms with Crippen molar-refractivity contribution in [2.75, 3.05) is 6.26 Å². The molecule has 3 aromatic carbocycles. The zero-order valence-corrected chi connectivity index (χ0v) is 23.6. The Morgan fingerprint density at radius 2 is 1.64 bits per heavy atom. The number of pyridine rings is 1. The zero-order chi connectivity index (χ0) is 31.8. The number of rotatable bonds is 8. The Morgan fingerprint density at radius 1 is 0.911 bits per heavy atom. The van der Waals surface area contributed by atoms with Crippen molar-refractivity contribution in [2.24, 2.45) is 0 Å². The zero-order valence-electron chi connectivity index (χ0n) is 22.8. The van der Waals surface area contributed by atoms with Crippen molar-refractivity contribution in [3.05, 3.63) is 85.1 Å². The van der Waals surface area contributed by atoms with E-state index in [2.05, 4.69) is 30.6 Å². The predicted octanol–water partition coefficient (Wildman–Crippen LogP) is 4.78. The minimum absolute atomic E-state index is 0.0249. The van der Waals surface area contributed by atoms with Crippen molar-refractivity contribution in [3.8, 4) is 45.9 Å². The van der Waals surface area contributed by atoms with Gasteiger partial charge in [0.25, 0.3) is 0 Å². The van der Waals surface area contributed by atoms with Gasteiger partial charge in [-0.3, -0.25) is 4.98 Å². The van der Waals surface area contributed by atoms with Crippen molar-refractivity contribution >= 4 is 26.8 Å². The van der Waals surface area contributed by atoms with Crippen molar-refractivity contribution in [2.45, 2.75) is 11.1 Å². The van der Waals surface area contributed by atoms with E-state index >= 15 is 0 Å². The number of carbonyl (C=O) groups is 1. The SMILES string of the molecule is CS(=O)(=O)c1ccc(Oc2cc3nc(-c4ccccn4)n(OC(=O)C(F)(F)F)c3cc2Oc2ccccc2-c2nn[nH]n2)cc1. The summed E-state index contributed by atoms with van der Waals surface area (Å²) in [5.41, 5.74) is 0.459. The number of hydrogen-bond donors (Lipinski definition) is 1. The molecule has 228 valence electrons. The summed E-state index contributed by atoms with van der Waals surface area (Å²) in [5.74, 6) is -2.14. The quantitative estimate of drug-likeness (QED) is 0.244. The minimum atomic E-state index is -5.32. The summed E-state index contributed by atoms with van der Waals surface area (Å²) in [4.78, 5) is 25.3. The first-order valence-electron chi connectivity index (χ1n) is 12.7. The van der Waals surface area contributed by atoms with E-state index in [1.807, 2.05) is 0 Å². The first kappa shape index (κ1) is 29.2. The van der Waals surface area contributed by atoms with Crippen LogP contribution in [0.1, 0.15) is 0 Å². The molecule has 45 heavy (non-hydrogen) atoms. The number of carbonyl (C=O) groups excluding carboxylic acids is 1. The third-order valence-corrected chi connectivity index (χ3v) is 7.28. The number of aromatic amines is 1. The van der Waals surface area contributed by atoms with Gasteiger partial charge in [-0.2, -0.15) is 23.1 Å². The van der Waals surface area contributed by atoms with E-state index in [1.54, 1.807) is 36.4 Å². The summed E-state index contributed by atoms with van der Waals surface area (Å²) in [7, 11) is -3.49. The highest BCUT2D eigenvalue weighted by atomic mass is 32.2. The maximum atomic E-state index is 13.3. The summed E-state index contributed by atoms with van der Waals surface area (Å²) in [5, 5.41) is 13.8. The number of nitrogens with one attached hydrogen (secondary N) is 1. The Balaban J connectivity index is 1.53. The normalized spacial score (nSPS) is 11.8. The molecule has 0 saturated heterocycles. The molecule has 6 rings (SSSR count). The van der Waals surface area contributed by atoms with Crippen molar-refractivity contribution in [3.63, 3.8) is 0 Å². The molecule has 13 nitrogen and oxygen atoms in total. The standard InChI is InChI=1S/C28H18F3N7O6S/c1-45(40,41)17-11-9-16(10-12-17)42-23-14-20-21(15-24(23)43-22-8-3-2-6-18(22)25-34-36-37-35-25)38(44-27(39)28(29,30)31)26(33-20)19-7-4-5-13-32-19/h2-15H,1H3,(H,34,35,36,37). The van der Waals surface area contributed by atoms with Gasteiger partial charge in [-0.05, 0) is 53.7 Å². The highest BCUT2D eigenvalue weighted by Crippen LogP contribution is 2.41. The van der Waals surface area contributed by atoms with E-state index in [1.165, 1.54) is 48.7 Å². The molecule has 1 N–H and O–H groups in total. The summed E-state index contributed by atoms with van der Waals surface area (Å²) >= 11 is 0. The number of benzene rings is 3. The number of imidazole rings is 1. The molecule has 0 atom stereocenters. The molecule has 0 fully saturated rings. The Morgan fingerprint density at radius 3 is 2.31 bits per heavy atom. The summed E-state index contributed by atoms with van der Waals surface area (Å²) in [6.45, 7) is 0. The average Bonchev–Trinajstić information content (AvgIpc) is 3.66. The fraction of sp³-hybridized carbons (Fsp3) is 0.0714. The van der Waals surface area contributed by atoms with Gasteiger partial charge in [0.2, 0.25) is 5.82 Å². The number of H-pyrrole nitrogens is 1. The van der Waals surface area contributed by atoms with Crippen LogP contribution in [0.15, 0.2) is 90.0 Å². The number of ether oxygens (including phenoxy) is 2. The van der Waals surface area contributed by atoms with Gasteiger partial charge in [-0.15, -0.1) is 10.2 Å². The molecular formula is C28H18F3N7O6S. The van der Waals surface area contributed by atoms with E-state index < -0.39 is 22.0 Å². The minimum Gasteiger partial charge on any atom is -0.453 e. The number of nitrogens with zero attached hydrogens (tertiary/aromatic N) is 6. The lowest BCUT2D eigenvalue weighted by molar-refractivity contribution is -0.199. The first-order valence-corrected chi connectivity index (χ1v) is 14.6. The van der Waals surface area contributed by atoms with E-state index in [-0.39, 0.29) is 56.3 Å². The second kappa shape index (κ2) is 11.3. The van der Waals surface area contributed by atoms with Gasteiger partial charge in [-0.1, -0.05) is 18.2 Å².